The Hall–Kier alpha value is -2.05. The SMILES string of the molecule is CCCCCCCCCCCCCCOC(=O)C(CC(C)C)NC(=O)c1ccc(C(F)(F)F)cc1. The Morgan fingerprint density at radius 1 is 0.829 bits per heavy atom. The summed E-state index contributed by atoms with van der Waals surface area (Å²) in [6.45, 7) is 6.39. The molecule has 1 atom stereocenters. The summed E-state index contributed by atoms with van der Waals surface area (Å²) in [5.41, 5.74) is -0.755. The van der Waals surface area contributed by atoms with Crippen LogP contribution in [0.4, 0.5) is 13.2 Å². The molecule has 0 saturated heterocycles. The van der Waals surface area contributed by atoms with E-state index in [2.05, 4.69) is 12.2 Å². The molecule has 0 fully saturated rings. The summed E-state index contributed by atoms with van der Waals surface area (Å²) in [5, 5.41) is 2.62. The number of amides is 1. The van der Waals surface area contributed by atoms with E-state index in [4.69, 9.17) is 4.74 Å². The highest BCUT2D eigenvalue weighted by atomic mass is 19.4. The van der Waals surface area contributed by atoms with Gasteiger partial charge in [-0.3, -0.25) is 4.79 Å². The highest BCUT2D eigenvalue weighted by molar-refractivity contribution is 5.96. The third kappa shape index (κ3) is 14.2. The van der Waals surface area contributed by atoms with Crippen LogP contribution in [-0.4, -0.2) is 24.5 Å². The first-order chi connectivity index (χ1) is 16.6. The third-order valence-corrected chi connectivity index (χ3v) is 6.01. The molecule has 0 radical (unpaired) electrons. The Bertz CT molecular complexity index is 717. The molecular formula is C28H44F3NO3. The molecule has 0 saturated carbocycles. The van der Waals surface area contributed by atoms with Crippen LogP contribution < -0.4 is 5.32 Å². The van der Waals surface area contributed by atoms with Crippen molar-refractivity contribution in [1.82, 2.24) is 5.32 Å². The fraction of sp³-hybridized carbons (Fsp3) is 0.714. The van der Waals surface area contributed by atoms with Crippen molar-refractivity contribution in [2.24, 2.45) is 5.92 Å². The number of carbonyl (C=O) groups excluding carboxylic acids is 2. The van der Waals surface area contributed by atoms with Gasteiger partial charge in [-0.25, -0.2) is 4.79 Å². The van der Waals surface area contributed by atoms with E-state index in [1.165, 1.54) is 57.8 Å². The van der Waals surface area contributed by atoms with Crippen LogP contribution in [0.2, 0.25) is 0 Å². The number of alkyl halides is 3. The van der Waals surface area contributed by atoms with Crippen molar-refractivity contribution in [3.05, 3.63) is 35.4 Å². The average molecular weight is 500 g/mol. The summed E-state index contributed by atoms with van der Waals surface area (Å²) < 4.78 is 43.6. The minimum atomic E-state index is -4.47. The molecular weight excluding hydrogens is 455 g/mol. The lowest BCUT2D eigenvalue weighted by Gasteiger charge is -2.19. The molecule has 1 amide bonds. The maximum absolute atomic E-state index is 12.7. The minimum Gasteiger partial charge on any atom is -0.464 e. The van der Waals surface area contributed by atoms with Crippen LogP contribution in [0.3, 0.4) is 0 Å². The van der Waals surface area contributed by atoms with Gasteiger partial charge in [-0.15, -0.1) is 0 Å². The standard InChI is InChI=1S/C28H44F3NO3/c1-4-5-6-7-8-9-10-11-12-13-14-15-20-35-27(34)25(21-22(2)3)32-26(33)23-16-18-24(19-17-23)28(29,30)31/h16-19,22,25H,4-15,20-21H2,1-3H3,(H,32,33). The van der Waals surface area contributed by atoms with Crippen LogP contribution in [0.25, 0.3) is 0 Å². The quantitative estimate of drug-likeness (QED) is 0.164. The smallest absolute Gasteiger partial charge is 0.416 e. The number of hydrogen-bond acceptors (Lipinski definition) is 3. The summed E-state index contributed by atoms with van der Waals surface area (Å²) in [6, 6.07) is 3.11. The van der Waals surface area contributed by atoms with Crippen LogP contribution in [-0.2, 0) is 15.7 Å². The first-order valence-corrected chi connectivity index (χ1v) is 13.3. The fourth-order valence-electron chi connectivity index (χ4n) is 3.95. The van der Waals surface area contributed by atoms with Crippen LogP contribution in [0.5, 0.6) is 0 Å². The summed E-state index contributed by atoms with van der Waals surface area (Å²) in [5.74, 6) is -0.958. The Balaban J connectivity index is 2.30. The lowest BCUT2D eigenvalue weighted by Crippen LogP contribution is -2.42. The van der Waals surface area contributed by atoms with Gasteiger partial charge in [-0.05, 0) is 43.0 Å². The Morgan fingerprint density at radius 2 is 1.31 bits per heavy atom. The molecule has 0 aliphatic heterocycles. The molecule has 4 nitrogen and oxygen atoms in total. The first-order valence-electron chi connectivity index (χ1n) is 13.3. The zero-order chi connectivity index (χ0) is 26.1. The number of hydrogen-bond donors (Lipinski definition) is 1. The molecule has 1 aromatic carbocycles. The fourth-order valence-corrected chi connectivity index (χ4v) is 3.95. The number of unbranched alkanes of at least 4 members (excludes halogenated alkanes) is 11. The highest BCUT2D eigenvalue weighted by Gasteiger charge is 2.30. The molecule has 1 aromatic rings. The van der Waals surface area contributed by atoms with Gasteiger partial charge < -0.3 is 10.1 Å². The number of nitrogens with one attached hydrogen (secondary N) is 1. The van der Waals surface area contributed by atoms with Gasteiger partial charge in [-0.2, -0.15) is 13.2 Å². The number of esters is 1. The van der Waals surface area contributed by atoms with Gasteiger partial charge in [0, 0.05) is 5.56 Å². The van der Waals surface area contributed by atoms with E-state index in [0.29, 0.717) is 13.0 Å². The number of ether oxygens (including phenoxy) is 1. The van der Waals surface area contributed by atoms with Gasteiger partial charge in [0.15, 0.2) is 0 Å². The molecule has 0 aromatic heterocycles. The monoisotopic (exact) mass is 499 g/mol. The van der Waals surface area contributed by atoms with Gasteiger partial charge in [0.05, 0.1) is 12.2 Å². The van der Waals surface area contributed by atoms with E-state index in [0.717, 1.165) is 43.5 Å². The molecule has 1 unspecified atom stereocenters. The predicted molar refractivity (Wildman–Crippen MR) is 134 cm³/mol. The molecule has 1 rings (SSSR count). The maximum atomic E-state index is 12.7. The van der Waals surface area contributed by atoms with Crippen LogP contribution >= 0.6 is 0 Å². The molecule has 1 N–H and O–H groups in total. The second-order valence-electron chi connectivity index (χ2n) is 9.79. The van der Waals surface area contributed by atoms with Gasteiger partial charge in [0.1, 0.15) is 6.04 Å². The Morgan fingerprint density at radius 3 is 1.77 bits per heavy atom. The van der Waals surface area contributed by atoms with E-state index in [1.807, 2.05) is 13.8 Å². The van der Waals surface area contributed by atoms with Crippen molar-refractivity contribution in [1.29, 1.82) is 0 Å². The molecule has 35 heavy (non-hydrogen) atoms. The normalized spacial score (nSPS) is 12.5. The second-order valence-corrected chi connectivity index (χ2v) is 9.79. The zero-order valence-corrected chi connectivity index (χ0v) is 21.7. The molecule has 7 heteroatoms. The largest absolute Gasteiger partial charge is 0.464 e. The number of benzene rings is 1. The molecule has 0 aliphatic rings. The number of rotatable bonds is 18. The first kappa shape index (κ1) is 31.0. The van der Waals surface area contributed by atoms with Crippen molar-refractivity contribution >= 4 is 11.9 Å². The van der Waals surface area contributed by atoms with Crippen molar-refractivity contribution in [2.75, 3.05) is 6.61 Å². The van der Waals surface area contributed by atoms with Crippen molar-refractivity contribution in [3.8, 4) is 0 Å². The highest BCUT2D eigenvalue weighted by Crippen LogP contribution is 2.29. The zero-order valence-electron chi connectivity index (χ0n) is 21.7. The van der Waals surface area contributed by atoms with Crippen LogP contribution in [0, 0.1) is 5.92 Å². The van der Waals surface area contributed by atoms with E-state index in [1.54, 1.807) is 0 Å². The van der Waals surface area contributed by atoms with Gasteiger partial charge in [-0.1, -0.05) is 91.4 Å². The van der Waals surface area contributed by atoms with Crippen molar-refractivity contribution in [3.63, 3.8) is 0 Å². The molecule has 0 heterocycles. The van der Waals surface area contributed by atoms with Gasteiger partial charge in [0.2, 0.25) is 0 Å². The third-order valence-electron chi connectivity index (χ3n) is 6.01. The molecule has 0 aliphatic carbocycles. The van der Waals surface area contributed by atoms with Crippen molar-refractivity contribution < 1.29 is 27.5 Å². The summed E-state index contributed by atoms with van der Waals surface area (Å²) >= 11 is 0. The van der Waals surface area contributed by atoms with E-state index in [9.17, 15) is 22.8 Å². The Labute approximate surface area is 209 Å². The van der Waals surface area contributed by atoms with Crippen LogP contribution in [0.1, 0.15) is 120 Å². The van der Waals surface area contributed by atoms with Gasteiger partial charge >= 0.3 is 12.1 Å². The average Bonchev–Trinajstić information content (AvgIpc) is 2.80. The van der Waals surface area contributed by atoms with E-state index in [-0.39, 0.29) is 11.5 Å². The van der Waals surface area contributed by atoms with E-state index < -0.39 is 29.7 Å². The van der Waals surface area contributed by atoms with Crippen molar-refractivity contribution in [2.45, 2.75) is 116 Å². The van der Waals surface area contributed by atoms with Gasteiger partial charge in [0.25, 0.3) is 5.91 Å². The summed E-state index contributed by atoms with van der Waals surface area (Å²) in [7, 11) is 0. The maximum Gasteiger partial charge on any atom is 0.416 e. The Kier molecular flexibility index (Phi) is 15.4. The summed E-state index contributed by atoms with van der Waals surface area (Å²) in [4.78, 5) is 25.0. The number of carbonyl (C=O) groups is 2. The minimum absolute atomic E-state index is 0.0699. The molecule has 200 valence electrons. The lowest BCUT2D eigenvalue weighted by molar-refractivity contribution is -0.146. The lowest BCUT2D eigenvalue weighted by atomic mass is 10.0. The predicted octanol–water partition coefficient (Wildman–Crippen LogP) is 8.09. The number of halogens is 3. The van der Waals surface area contributed by atoms with Crippen LogP contribution in [0.15, 0.2) is 24.3 Å². The topological polar surface area (TPSA) is 55.4 Å². The molecule has 0 spiro atoms. The second kappa shape index (κ2) is 17.4. The van der Waals surface area contributed by atoms with E-state index >= 15 is 0 Å². The molecule has 0 bridgehead atoms. The summed E-state index contributed by atoms with van der Waals surface area (Å²) in [6.07, 6.45) is 10.5.